The maximum atomic E-state index is 12.3. The van der Waals surface area contributed by atoms with Crippen molar-refractivity contribution >= 4 is 27.5 Å². The highest BCUT2D eigenvalue weighted by atomic mass is 79.9. The number of rotatable bonds is 2. The number of nitrogens with zero attached hydrogens (tertiary/aromatic N) is 1. The fourth-order valence-corrected chi connectivity index (χ4v) is 2.25. The minimum absolute atomic E-state index is 0.0667. The molecule has 1 aromatic heterocycles. The molecule has 0 aliphatic carbocycles. The topological polar surface area (TPSA) is 34.0 Å². The van der Waals surface area contributed by atoms with E-state index in [1.54, 1.807) is 0 Å². The van der Waals surface area contributed by atoms with Gasteiger partial charge in [-0.1, -0.05) is 15.9 Å². The minimum atomic E-state index is -0.0667. The van der Waals surface area contributed by atoms with Crippen LogP contribution in [0.15, 0.2) is 28.7 Å². The number of halogens is 1. The van der Waals surface area contributed by atoms with Crippen LogP contribution < -0.4 is 5.32 Å². The Morgan fingerprint density at radius 3 is 2.42 bits per heavy atom. The maximum absolute atomic E-state index is 12.3. The number of carbonyl (C=O) groups is 1. The Morgan fingerprint density at radius 1 is 1.21 bits per heavy atom. The van der Waals surface area contributed by atoms with Crippen LogP contribution in [0.1, 0.15) is 27.3 Å². The van der Waals surface area contributed by atoms with E-state index in [9.17, 15) is 4.79 Å². The van der Waals surface area contributed by atoms with Gasteiger partial charge in [-0.3, -0.25) is 4.79 Å². The molecule has 0 spiro atoms. The van der Waals surface area contributed by atoms with Gasteiger partial charge in [0.2, 0.25) is 0 Å². The van der Waals surface area contributed by atoms with Gasteiger partial charge >= 0.3 is 0 Å². The second-order valence-corrected chi connectivity index (χ2v) is 5.62. The molecule has 1 amide bonds. The second kappa shape index (κ2) is 5.21. The minimum Gasteiger partial charge on any atom is -0.351 e. The molecule has 0 atom stereocenters. The number of aryl methyl sites for hydroxylation is 2. The predicted molar refractivity (Wildman–Crippen MR) is 81.7 cm³/mol. The lowest BCUT2D eigenvalue weighted by atomic mass is 10.2. The van der Waals surface area contributed by atoms with Gasteiger partial charge in [0.15, 0.2) is 0 Å². The average molecular weight is 321 g/mol. The Bertz CT molecular complexity index is 644. The smallest absolute Gasteiger partial charge is 0.257 e. The van der Waals surface area contributed by atoms with Crippen LogP contribution in [0, 0.1) is 20.8 Å². The van der Waals surface area contributed by atoms with E-state index in [2.05, 4.69) is 21.2 Å². The average Bonchev–Trinajstić information content (AvgIpc) is 2.62. The Morgan fingerprint density at radius 2 is 1.89 bits per heavy atom. The van der Waals surface area contributed by atoms with E-state index in [1.165, 1.54) is 0 Å². The molecule has 0 saturated carbocycles. The molecule has 2 rings (SSSR count). The van der Waals surface area contributed by atoms with Crippen molar-refractivity contribution < 1.29 is 4.79 Å². The number of nitrogens with one attached hydrogen (secondary N) is 1. The first kappa shape index (κ1) is 13.9. The first-order valence-corrected chi connectivity index (χ1v) is 6.90. The number of carbonyl (C=O) groups excluding carboxylic acids is 1. The number of hydrogen-bond acceptors (Lipinski definition) is 1. The summed E-state index contributed by atoms with van der Waals surface area (Å²) in [6.07, 6.45) is 0. The molecule has 19 heavy (non-hydrogen) atoms. The molecule has 0 saturated heterocycles. The largest absolute Gasteiger partial charge is 0.351 e. The van der Waals surface area contributed by atoms with Crippen LogP contribution in [0.4, 0.5) is 5.69 Å². The summed E-state index contributed by atoms with van der Waals surface area (Å²) >= 11 is 3.45. The second-order valence-electron chi connectivity index (χ2n) is 4.76. The highest BCUT2D eigenvalue weighted by molar-refractivity contribution is 9.10. The Labute approximate surface area is 121 Å². The molecule has 100 valence electrons. The Kier molecular flexibility index (Phi) is 3.80. The molecule has 2 aromatic rings. The third-order valence-electron chi connectivity index (χ3n) is 3.44. The number of amides is 1. The fraction of sp³-hybridized carbons (Fsp3) is 0.267. The summed E-state index contributed by atoms with van der Waals surface area (Å²) in [7, 11) is 1.96. The van der Waals surface area contributed by atoms with Crippen LogP contribution in [0.3, 0.4) is 0 Å². The molecule has 0 fully saturated rings. The van der Waals surface area contributed by atoms with Crippen molar-refractivity contribution in [3.63, 3.8) is 0 Å². The van der Waals surface area contributed by atoms with E-state index < -0.39 is 0 Å². The third-order valence-corrected chi connectivity index (χ3v) is 4.33. The van der Waals surface area contributed by atoms with Crippen LogP contribution >= 0.6 is 15.9 Å². The lowest BCUT2D eigenvalue weighted by molar-refractivity contribution is 0.102. The van der Waals surface area contributed by atoms with Gasteiger partial charge < -0.3 is 9.88 Å². The van der Waals surface area contributed by atoms with Gasteiger partial charge in [0.05, 0.1) is 5.56 Å². The van der Waals surface area contributed by atoms with Crippen molar-refractivity contribution in [3.8, 4) is 0 Å². The van der Waals surface area contributed by atoms with Crippen LogP contribution in [0.25, 0.3) is 0 Å². The zero-order valence-corrected chi connectivity index (χ0v) is 13.1. The molecule has 0 aliphatic heterocycles. The van der Waals surface area contributed by atoms with E-state index in [-0.39, 0.29) is 5.91 Å². The molecule has 4 heteroatoms. The standard InChI is InChI=1S/C15H17BrN2O/c1-9-7-12(5-6-14(9)16)17-15(19)13-8-10(2)18(4)11(13)3/h5-8H,1-4H3,(H,17,19). The van der Waals surface area contributed by atoms with Crippen LogP contribution in [0.2, 0.25) is 0 Å². The summed E-state index contributed by atoms with van der Waals surface area (Å²) in [5.74, 6) is -0.0667. The highest BCUT2D eigenvalue weighted by Crippen LogP contribution is 2.21. The number of aromatic nitrogens is 1. The molecule has 0 aliphatic rings. The van der Waals surface area contributed by atoms with Gasteiger partial charge in [-0.2, -0.15) is 0 Å². The van der Waals surface area contributed by atoms with Crippen LogP contribution in [-0.4, -0.2) is 10.5 Å². The molecule has 1 heterocycles. The molecule has 0 radical (unpaired) electrons. The molecular formula is C15H17BrN2O. The van der Waals surface area contributed by atoms with Crippen molar-refractivity contribution in [1.82, 2.24) is 4.57 Å². The van der Waals surface area contributed by atoms with Crippen molar-refractivity contribution in [2.24, 2.45) is 7.05 Å². The zero-order chi connectivity index (χ0) is 14.2. The van der Waals surface area contributed by atoms with E-state index in [0.717, 1.165) is 32.7 Å². The van der Waals surface area contributed by atoms with E-state index >= 15 is 0 Å². The molecule has 0 unspecified atom stereocenters. The first-order valence-electron chi connectivity index (χ1n) is 6.10. The summed E-state index contributed by atoms with van der Waals surface area (Å²) in [6, 6.07) is 7.69. The highest BCUT2D eigenvalue weighted by Gasteiger charge is 2.14. The summed E-state index contributed by atoms with van der Waals surface area (Å²) in [5.41, 5.74) is 4.68. The van der Waals surface area contributed by atoms with Gasteiger partial charge in [0.25, 0.3) is 5.91 Å². The van der Waals surface area contributed by atoms with Crippen LogP contribution in [-0.2, 0) is 7.05 Å². The number of anilines is 1. The normalized spacial score (nSPS) is 10.6. The zero-order valence-electron chi connectivity index (χ0n) is 11.5. The SMILES string of the molecule is Cc1cc(NC(=O)c2cc(C)n(C)c2C)ccc1Br. The molecule has 0 bridgehead atoms. The molecule has 1 aromatic carbocycles. The number of hydrogen-bond donors (Lipinski definition) is 1. The quantitative estimate of drug-likeness (QED) is 0.892. The van der Waals surface area contributed by atoms with Gasteiger partial charge in [-0.05, 0) is 50.6 Å². The number of benzene rings is 1. The fourth-order valence-electron chi connectivity index (χ4n) is 2.01. The first-order chi connectivity index (χ1) is 8.90. The van der Waals surface area contributed by atoms with Crippen molar-refractivity contribution in [2.45, 2.75) is 20.8 Å². The Balaban J connectivity index is 2.25. The van der Waals surface area contributed by atoms with E-state index in [4.69, 9.17) is 0 Å². The van der Waals surface area contributed by atoms with Gasteiger partial charge in [-0.15, -0.1) is 0 Å². The van der Waals surface area contributed by atoms with Crippen LogP contribution in [0.5, 0.6) is 0 Å². The van der Waals surface area contributed by atoms with Gasteiger partial charge in [-0.25, -0.2) is 0 Å². The van der Waals surface area contributed by atoms with Gasteiger partial charge in [0.1, 0.15) is 0 Å². The lowest BCUT2D eigenvalue weighted by Crippen LogP contribution is -2.13. The monoisotopic (exact) mass is 320 g/mol. The third kappa shape index (κ3) is 2.73. The lowest BCUT2D eigenvalue weighted by Gasteiger charge is -2.07. The summed E-state index contributed by atoms with van der Waals surface area (Å²) in [4.78, 5) is 12.3. The summed E-state index contributed by atoms with van der Waals surface area (Å²) in [6.45, 7) is 5.94. The van der Waals surface area contributed by atoms with E-state index in [0.29, 0.717) is 0 Å². The molecule has 3 nitrogen and oxygen atoms in total. The Hall–Kier alpha value is -1.55. The van der Waals surface area contributed by atoms with Crippen molar-refractivity contribution in [3.05, 3.63) is 51.3 Å². The van der Waals surface area contributed by atoms with Gasteiger partial charge in [0, 0.05) is 28.6 Å². The van der Waals surface area contributed by atoms with Crippen molar-refractivity contribution in [1.29, 1.82) is 0 Å². The summed E-state index contributed by atoms with van der Waals surface area (Å²) in [5, 5.41) is 2.93. The summed E-state index contributed by atoms with van der Waals surface area (Å²) < 4.78 is 3.05. The molecule has 1 N–H and O–H groups in total. The van der Waals surface area contributed by atoms with Crippen molar-refractivity contribution in [2.75, 3.05) is 5.32 Å². The predicted octanol–water partition coefficient (Wildman–Crippen LogP) is 3.97. The molecular weight excluding hydrogens is 304 g/mol. The van der Waals surface area contributed by atoms with E-state index in [1.807, 2.05) is 56.7 Å². The maximum Gasteiger partial charge on any atom is 0.257 e.